The minimum Gasteiger partial charge on any atom is -0.381 e. The van der Waals surface area contributed by atoms with Crippen molar-refractivity contribution in [3.8, 4) is 0 Å². The van der Waals surface area contributed by atoms with Crippen LogP contribution >= 0.6 is 0 Å². The Bertz CT molecular complexity index is 350. The van der Waals surface area contributed by atoms with E-state index >= 15 is 0 Å². The smallest absolute Gasteiger partial charge is 0.215 e. The maximum atomic E-state index is 12.3. The van der Waals surface area contributed by atoms with E-state index in [-0.39, 0.29) is 5.25 Å². The first kappa shape index (κ1) is 15.9. The first-order valence-electron chi connectivity index (χ1n) is 6.60. The van der Waals surface area contributed by atoms with Crippen LogP contribution in [0.2, 0.25) is 0 Å². The van der Waals surface area contributed by atoms with Gasteiger partial charge in [-0.2, -0.15) is 0 Å². The summed E-state index contributed by atoms with van der Waals surface area (Å²) < 4.78 is 32.6. The number of nitrogens with one attached hydrogen (secondary N) is 1. The highest BCUT2D eigenvalue weighted by molar-refractivity contribution is 7.90. The van der Waals surface area contributed by atoms with E-state index in [1.165, 1.54) is 0 Å². The van der Waals surface area contributed by atoms with Crippen molar-refractivity contribution >= 4 is 10.0 Å². The van der Waals surface area contributed by atoms with Crippen molar-refractivity contribution in [2.24, 2.45) is 11.7 Å². The lowest BCUT2D eigenvalue weighted by Crippen LogP contribution is -2.54. The number of hydrogen-bond acceptors (Lipinski definition) is 4. The van der Waals surface area contributed by atoms with Crippen molar-refractivity contribution in [1.29, 1.82) is 0 Å². The van der Waals surface area contributed by atoms with Gasteiger partial charge in [-0.25, -0.2) is 13.1 Å². The van der Waals surface area contributed by atoms with Crippen LogP contribution in [-0.4, -0.2) is 39.0 Å². The maximum absolute atomic E-state index is 12.3. The minimum absolute atomic E-state index is 0.313. The average Bonchev–Trinajstić information content (AvgIpc) is 2.28. The zero-order valence-corrected chi connectivity index (χ0v) is 12.4. The van der Waals surface area contributed by atoms with Crippen LogP contribution in [0, 0.1) is 5.92 Å². The first-order valence-corrected chi connectivity index (χ1v) is 8.14. The number of sulfonamides is 1. The molecule has 0 aromatic heterocycles. The van der Waals surface area contributed by atoms with Crippen molar-refractivity contribution in [2.45, 2.75) is 50.8 Å². The molecule has 0 aromatic rings. The molecule has 0 amide bonds. The highest BCUT2D eigenvalue weighted by Crippen LogP contribution is 2.21. The van der Waals surface area contributed by atoms with Gasteiger partial charge in [0.15, 0.2) is 0 Å². The quantitative estimate of drug-likeness (QED) is 0.754. The van der Waals surface area contributed by atoms with Crippen molar-refractivity contribution in [3.63, 3.8) is 0 Å². The van der Waals surface area contributed by atoms with E-state index in [2.05, 4.69) is 18.6 Å². The molecule has 6 heteroatoms. The summed E-state index contributed by atoms with van der Waals surface area (Å²) >= 11 is 0. The van der Waals surface area contributed by atoms with Crippen molar-refractivity contribution < 1.29 is 13.2 Å². The van der Waals surface area contributed by atoms with Gasteiger partial charge in [0.05, 0.1) is 5.25 Å². The van der Waals surface area contributed by atoms with Crippen LogP contribution in [0.1, 0.15) is 40.0 Å². The van der Waals surface area contributed by atoms with Gasteiger partial charge < -0.3 is 10.5 Å². The SMILES string of the molecule is CC(C)CC(C)(CN)NS(=O)(=O)C1CCOCC1. The number of ether oxygens (including phenoxy) is 1. The minimum atomic E-state index is -3.31. The summed E-state index contributed by atoms with van der Waals surface area (Å²) in [4.78, 5) is 0. The third-order valence-electron chi connectivity index (χ3n) is 3.31. The van der Waals surface area contributed by atoms with E-state index in [0.717, 1.165) is 6.42 Å². The zero-order valence-electron chi connectivity index (χ0n) is 11.6. The Morgan fingerprint density at radius 1 is 1.39 bits per heavy atom. The third kappa shape index (κ3) is 4.50. The summed E-state index contributed by atoms with van der Waals surface area (Å²) in [6, 6.07) is 0. The van der Waals surface area contributed by atoms with Crippen molar-refractivity contribution in [3.05, 3.63) is 0 Å². The molecule has 1 heterocycles. The predicted octanol–water partition coefficient (Wildman–Crippen LogP) is 0.848. The third-order valence-corrected chi connectivity index (χ3v) is 5.43. The lowest BCUT2D eigenvalue weighted by atomic mass is 9.92. The van der Waals surface area contributed by atoms with E-state index in [1.54, 1.807) is 0 Å². The van der Waals surface area contributed by atoms with Gasteiger partial charge in [-0.05, 0) is 32.1 Å². The summed E-state index contributed by atoms with van der Waals surface area (Å²) in [5, 5.41) is -0.343. The molecule has 0 aliphatic carbocycles. The van der Waals surface area contributed by atoms with E-state index in [4.69, 9.17) is 10.5 Å². The highest BCUT2D eigenvalue weighted by Gasteiger charge is 2.34. The maximum Gasteiger partial charge on any atom is 0.215 e. The van der Waals surface area contributed by atoms with E-state index in [1.807, 2.05) is 6.92 Å². The molecule has 1 rings (SSSR count). The standard InChI is InChI=1S/C12H26N2O3S/c1-10(2)8-12(3,9-13)14-18(15,16)11-4-6-17-7-5-11/h10-11,14H,4-9,13H2,1-3H3. The molecular weight excluding hydrogens is 252 g/mol. The van der Waals surface area contributed by atoms with Gasteiger partial charge in [-0.1, -0.05) is 13.8 Å². The average molecular weight is 278 g/mol. The Morgan fingerprint density at radius 3 is 2.39 bits per heavy atom. The molecule has 0 aromatic carbocycles. The molecule has 5 nitrogen and oxygen atoms in total. The Labute approximate surface area is 111 Å². The molecule has 0 saturated carbocycles. The van der Waals surface area contributed by atoms with E-state index < -0.39 is 15.6 Å². The van der Waals surface area contributed by atoms with Gasteiger partial charge in [0.1, 0.15) is 0 Å². The number of rotatable bonds is 6. The fourth-order valence-corrected chi connectivity index (χ4v) is 4.31. The van der Waals surface area contributed by atoms with Gasteiger partial charge in [-0.3, -0.25) is 0 Å². The molecule has 1 atom stereocenters. The molecule has 18 heavy (non-hydrogen) atoms. The molecule has 1 aliphatic heterocycles. The van der Waals surface area contributed by atoms with Gasteiger partial charge in [-0.15, -0.1) is 0 Å². The van der Waals surface area contributed by atoms with Crippen molar-refractivity contribution in [1.82, 2.24) is 4.72 Å². The molecule has 1 fully saturated rings. The molecular formula is C12H26N2O3S. The molecule has 1 saturated heterocycles. The Morgan fingerprint density at radius 2 is 1.94 bits per heavy atom. The second-order valence-electron chi connectivity index (χ2n) is 5.82. The zero-order chi connectivity index (χ0) is 13.8. The summed E-state index contributed by atoms with van der Waals surface area (Å²) in [5.41, 5.74) is 5.19. The van der Waals surface area contributed by atoms with Crippen LogP contribution in [0.3, 0.4) is 0 Å². The van der Waals surface area contributed by atoms with Crippen LogP contribution in [0.15, 0.2) is 0 Å². The topological polar surface area (TPSA) is 81.4 Å². The second kappa shape index (κ2) is 6.32. The first-order chi connectivity index (χ1) is 8.29. The Kier molecular flexibility index (Phi) is 5.58. The molecule has 0 spiro atoms. The summed E-state index contributed by atoms with van der Waals surface area (Å²) in [7, 11) is -3.31. The number of hydrogen-bond donors (Lipinski definition) is 2. The number of nitrogens with two attached hydrogens (primary N) is 1. The Balaban J connectivity index is 2.72. The fraction of sp³-hybridized carbons (Fsp3) is 1.00. The van der Waals surface area contributed by atoms with Gasteiger partial charge in [0.25, 0.3) is 0 Å². The largest absolute Gasteiger partial charge is 0.381 e. The summed E-state index contributed by atoms with van der Waals surface area (Å²) in [6.45, 7) is 7.37. The predicted molar refractivity (Wildman–Crippen MR) is 72.8 cm³/mol. The van der Waals surface area contributed by atoms with Crippen LogP contribution in [0.5, 0.6) is 0 Å². The van der Waals surface area contributed by atoms with E-state index in [0.29, 0.717) is 38.5 Å². The van der Waals surface area contributed by atoms with Crippen LogP contribution in [0.4, 0.5) is 0 Å². The molecule has 1 aliphatic rings. The molecule has 1 unspecified atom stereocenters. The molecule has 3 N–H and O–H groups in total. The lowest BCUT2D eigenvalue weighted by molar-refractivity contribution is 0.0979. The molecule has 108 valence electrons. The van der Waals surface area contributed by atoms with E-state index in [9.17, 15) is 8.42 Å². The van der Waals surface area contributed by atoms with Crippen LogP contribution < -0.4 is 10.5 Å². The van der Waals surface area contributed by atoms with Gasteiger partial charge in [0, 0.05) is 25.3 Å². The highest BCUT2D eigenvalue weighted by atomic mass is 32.2. The summed E-state index contributed by atoms with van der Waals surface area (Å²) in [6.07, 6.45) is 1.88. The van der Waals surface area contributed by atoms with Gasteiger partial charge >= 0.3 is 0 Å². The van der Waals surface area contributed by atoms with Gasteiger partial charge in [0.2, 0.25) is 10.0 Å². The lowest BCUT2D eigenvalue weighted by Gasteiger charge is -2.33. The normalized spacial score (nSPS) is 22.1. The molecule has 0 radical (unpaired) electrons. The second-order valence-corrected chi connectivity index (χ2v) is 7.78. The van der Waals surface area contributed by atoms with Crippen molar-refractivity contribution in [2.75, 3.05) is 19.8 Å². The van der Waals surface area contributed by atoms with Crippen LogP contribution in [-0.2, 0) is 14.8 Å². The monoisotopic (exact) mass is 278 g/mol. The molecule has 0 bridgehead atoms. The fourth-order valence-electron chi connectivity index (χ4n) is 2.48. The summed E-state index contributed by atoms with van der Waals surface area (Å²) in [5.74, 6) is 0.399. The Hall–Kier alpha value is -0.170. The van der Waals surface area contributed by atoms with Crippen LogP contribution in [0.25, 0.3) is 0 Å².